The Balaban J connectivity index is 0.000000149. The van der Waals surface area contributed by atoms with Gasteiger partial charge in [0.2, 0.25) is 0 Å². The Bertz CT molecular complexity index is 274. The van der Waals surface area contributed by atoms with Gasteiger partial charge in [-0.15, -0.1) is 11.3 Å². The normalized spacial score (nSPS) is 11.7. The van der Waals surface area contributed by atoms with Crippen LogP contribution in [0.15, 0.2) is 8.26 Å². The Hall–Kier alpha value is 0.620. The minimum atomic E-state index is 1.09. The molecule has 0 fully saturated rings. The predicted molar refractivity (Wildman–Crippen MR) is 66.7 cm³/mol. The van der Waals surface area contributed by atoms with Crippen LogP contribution < -0.4 is 5.32 Å². The maximum Gasteiger partial charge on any atom is 0.0748 e. The van der Waals surface area contributed by atoms with Crippen molar-refractivity contribution in [1.82, 2.24) is 5.32 Å². The Labute approximate surface area is 100 Å². The highest BCUT2D eigenvalue weighted by atomic mass is 79.9. The number of hydrogen-bond acceptors (Lipinski definition) is 2. The molecule has 0 aromatic carbocycles. The summed E-state index contributed by atoms with van der Waals surface area (Å²) in [7, 11) is 0. The highest BCUT2D eigenvalue weighted by Crippen LogP contribution is 2.47. The molecule has 1 aromatic heterocycles. The van der Waals surface area contributed by atoms with Crippen LogP contribution in [0.1, 0.15) is 24.3 Å². The number of fused-ring (bicyclic) bond motifs is 1. The average molecular weight is 327 g/mol. The third-order valence-electron chi connectivity index (χ3n) is 1.80. The highest BCUT2D eigenvalue weighted by molar-refractivity contribution is 9.11. The fourth-order valence-electron chi connectivity index (χ4n) is 1.03. The van der Waals surface area contributed by atoms with Crippen LogP contribution in [0.2, 0.25) is 0 Å². The third-order valence-corrected chi connectivity index (χ3v) is 5.00. The maximum atomic E-state index is 3.46. The second kappa shape index (κ2) is 5.49. The third kappa shape index (κ3) is 2.78. The molecule has 74 valence electrons. The molecular formula is C9H13Br2NS. The smallest absolute Gasteiger partial charge is 0.0748 e. The monoisotopic (exact) mass is 325 g/mol. The zero-order chi connectivity index (χ0) is 9.84. The van der Waals surface area contributed by atoms with E-state index in [1.54, 1.807) is 0 Å². The van der Waals surface area contributed by atoms with Gasteiger partial charge in [-0.2, -0.15) is 0 Å². The van der Waals surface area contributed by atoms with E-state index in [9.17, 15) is 0 Å². The first-order valence-corrected chi connectivity index (χ1v) is 6.77. The molecule has 0 spiro atoms. The van der Waals surface area contributed by atoms with Gasteiger partial charge in [0, 0.05) is 15.8 Å². The van der Waals surface area contributed by atoms with Crippen molar-refractivity contribution in [3.63, 3.8) is 0 Å². The summed E-state index contributed by atoms with van der Waals surface area (Å²) in [6, 6.07) is 0. The first kappa shape index (κ1) is 11.7. The van der Waals surface area contributed by atoms with E-state index >= 15 is 0 Å². The molecule has 1 aliphatic heterocycles. The van der Waals surface area contributed by atoms with E-state index < -0.39 is 0 Å². The molecule has 0 atom stereocenters. The van der Waals surface area contributed by atoms with Crippen LogP contribution in [0, 0.1) is 0 Å². The number of thiophene rings is 1. The first-order valence-electron chi connectivity index (χ1n) is 4.36. The molecular weight excluding hydrogens is 314 g/mol. The van der Waals surface area contributed by atoms with Gasteiger partial charge >= 0.3 is 0 Å². The molecule has 4 heteroatoms. The van der Waals surface area contributed by atoms with Crippen molar-refractivity contribution in [2.24, 2.45) is 0 Å². The molecule has 0 unspecified atom stereocenters. The second-order valence-corrected chi connectivity index (χ2v) is 5.94. The van der Waals surface area contributed by atoms with Gasteiger partial charge in [0.25, 0.3) is 0 Å². The molecule has 2 aliphatic rings. The molecule has 0 saturated heterocycles. The lowest BCUT2D eigenvalue weighted by Crippen LogP contribution is -2.09. The molecule has 0 saturated carbocycles. The molecule has 2 bridgehead atoms. The summed E-state index contributed by atoms with van der Waals surface area (Å²) in [5.41, 5.74) is 1.45. The fraction of sp³-hybridized carbons (Fsp3) is 0.556. The summed E-state index contributed by atoms with van der Waals surface area (Å²) in [6.07, 6.45) is 1.19. The maximum absolute atomic E-state index is 3.46. The molecule has 2 heterocycles. The van der Waals surface area contributed by atoms with E-state index in [1.165, 1.54) is 25.1 Å². The molecule has 1 aliphatic carbocycles. The summed E-state index contributed by atoms with van der Waals surface area (Å²) in [5, 5.41) is 3.11. The van der Waals surface area contributed by atoms with Crippen molar-refractivity contribution in [1.29, 1.82) is 0 Å². The quantitative estimate of drug-likeness (QED) is 0.885. The lowest BCUT2D eigenvalue weighted by molar-refractivity contribution is 0.762. The van der Waals surface area contributed by atoms with Crippen molar-refractivity contribution < 1.29 is 0 Å². The molecule has 0 radical (unpaired) electrons. The topological polar surface area (TPSA) is 12.0 Å². The average Bonchev–Trinajstić information content (AvgIpc) is 2.61. The molecule has 1 N–H and O–H groups in total. The Kier molecular flexibility index (Phi) is 4.94. The number of nitrogens with one attached hydrogen (secondary N) is 1. The zero-order valence-corrected chi connectivity index (χ0v) is 11.8. The lowest BCUT2D eigenvalue weighted by atomic mass is 10.1. The summed E-state index contributed by atoms with van der Waals surface area (Å²) in [5.74, 6) is 0. The van der Waals surface area contributed by atoms with Crippen molar-refractivity contribution in [2.75, 3.05) is 13.1 Å². The van der Waals surface area contributed by atoms with Gasteiger partial charge in [-0.1, -0.05) is 13.8 Å². The number of rotatable bonds is 2. The van der Waals surface area contributed by atoms with Gasteiger partial charge in [-0.25, -0.2) is 0 Å². The summed E-state index contributed by atoms with van der Waals surface area (Å²) in [6.45, 7) is 6.39. The van der Waals surface area contributed by atoms with Gasteiger partial charge in [0.15, 0.2) is 0 Å². The predicted octanol–water partition coefficient (Wildman–Crippen LogP) is 3.79. The van der Waals surface area contributed by atoms with Gasteiger partial charge in [0.1, 0.15) is 0 Å². The van der Waals surface area contributed by atoms with Crippen molar-refractivity contribution in [3.8, 4) is 0 Å². The van der Waals surface area contributed by atoms with Gasteiger partial charge in [0.05, 0.1) is 3.79 Å². The van der Waals surface area contributed by atoms with Crippen LogP contribution >= 0.6 is 43.2 Å². The largest absolute Gasteiger partial charge is 0.317 e. The van der Waals surface area contributed by atoms with E-state index in [-0.39, 0.29) is 0 Å². The molecule has 0 amide bonds. The van der Waals surface area contributed by atoms with Crippen molar-refractivity contribution in [2.45, 2.75) is 20.3 Å². The zero-order valence-electron chi connectivity index (χ0n) is 7.79. The van der Waals surface area contributed by atoms with Crippen LogP contribution in [0.25, 0.3) is 0 Å². The second-order valence-electron chi connectivity index (χ2n) is 2.73. The van der Waals surface area contributed by atoms with Crippen molar-refractivity contribution in [3.05, 3.63) is 18.7 Å². The summed E-state index contributed by atoms with van der Waals surface area (Å²) >= 11 is 8.75. The fourth-order valence-corrected chi connectivity index (χ4v) is 4.02. The standard InChI is InChI=1S/C5H2Br2S.C4H11N/c6-4-2-1-3(4)8-5(2)7;1-3-5-4-2/h1H2;5H,3-4H2,1-2H3. The van der Waals surface area contributed by atoms with Gasteiger partial charge in [-0.05, 0) is 50.5 Å². The van der Waals surface area contributed by atoms with Gasteiger partial charge < -0.3 is 5.32 Å². The van der Waals surface area contributed by atoms with E-state index in [0.29, 0.717) is 0 Å². The van der Waals surface area contributed by atoms with E-state index in [0.717, 1.165) is 13.1 Å². The van der Waals surface area contributed by atoms with Gasteiger partial charge in [-0.3, -0.25) is 0 Å². The van der Waals surface area contributed by atoms with E-state index in [2.05, 4.69) is 51.0 Å². The van der Waals surface area contributed by atoms with Crippen LogP contribution in [0.3, 0.4) is 0 Å². The van der Waals surface area contributed by atoms with Crippen LogP contribution in [0.4, 0.5) is 0 Å². The van der Waals surface area contributed by atoms with Crippen LogP contribution in [0.5, 0.6) is 0 Å². The summed E-state index contributed by atoms with van der Waals surface area (Å²) < 4.78 is 2.63. The van der Waals surface area contributed by atoms with E-state index in [1.807, 2.05) is 11.3 Å². The van der Waals surface area contributed by atoms with Crippen LogP contribution in [-0.4, -0.2) is 13.1 Å². The molecule has 13 heavy (non-hydrogen) atoms. The Morgan fingerprint density at radius 1 is 1.31 bits per heavy atom. The first-order chi connectivity index (χ1) is 6.20. The minimum absolute atomic E-state index is 1.09. The SMILES string of the molecule is Brc1sc2c(Br)c1C2.CCNCC. The van der Waals surface area contributed by atoms with Crippen LogP contribution in [-0.2, 0) is 6.42 Å². The minimum Gasteiger partial charge on any atom is -0.317 e. The Morgan fingerprint density at radius 3 is 2.00 bits per heavy atom. The summed E-state index contributed by atoms with van der Waals surface area (Å²) in [4.78, 5) is 1.48. The molecule has 1 nitrogen and oxygen atoms in total. The number of halogens is 2. The van der Waals surface area contributed by atoms with Crippen molar-refractivity contribution >= 4 is 43.2 Å². The Morgan fingerprint density at radius 2 is 1.92 bits per heavy atom. The lowest BCUT2D eigenvalue weighted by Gasteiger charge is -2.05. The highest BCUT2D eigenvalue weighted by Gasteiger charge is 2.24. The number of hydrogen-bond donors (Lipinski definition) is 1. The molecule has 1 aromatic rings. The molecule has 3 rings (SSSR count). The van der Waals surface area contributed by atoms with E-state index in [4.69, 9.17) is 0 Å².